The van der Waals surface area contributed by atoms with Gasteiger partial charge in [-0.15, -0.1) is 0 Å². The van der Waals surface area contributed by atoms with Crippen molar-refractivity contribution in [3.05, 3.63) is 175 Å². The van der Waals surface area contributed by atoms with Crippen molar-refractivity contribution in [2.24, 2.45) is 0 Å². The van der Waals surface area contributed by atoms with E-state index in [9.17, 15) is 0 Å². The van der Waals surface area contributed by atoms with E-state index in [1.165, 1.54) is 33.4 Å². The fraction of sp³-hybridized carbons (Fsp3) is 0.125. The Morgan fingerprint density at radius 3 is 1.04 bits per heavy atom. The molecule has 0 radical (unpaired) electrons. The summed E-state index contributed by atoms with van der Waals surface area (Å²) in [5.74, 6) is 2.47. The van der Waals surface area contributed by atoms with E-state index in [-0.39, 0.29) is 5.41 Å². The average molecular weight is 695 g/mol. The molecule has 0 bridgehead atoms. The predicted octanol–water partition coefficient (Wildman–Crippen LogP) is 12.6. The van der Waals surface area contributed by atoms with Crippen LogP contribution in [0.2, 0.25) is 0 Å². The van der Waals surface area contributed by atoms with E-state index in [1.54, 1.807) is 21.3 Å². The molecule has 0 N–H and O–H groups in total. The summed E-state index contributed by atoms with van der Waals surface area (Å²) in [5.41, 5.74) is 13.6. The van der Waals surface area contributed by atoms with Gasteiger partial charge in [-0.3, -0.25) is 0 Å². The second-order valence-electron chi connectivity index (χ2n) is 13.8. The third-order valence-electron chi connectivity index (χ3n) is 10.4. The van der Waals surface area contributed by atoms with Crippen LogP contribution in [0.25, 0.3) is 22.3 Å². The normalized spacial score (nSPS) is 12.4. The SMILES string of the molecule is COc1ccc(N(c2ccc(OC)cc2)c2ccc3c(c2)C(C)(C)c2cc(N(c4ccc(OC)cc4)c4ccc(-c5ccccc5)cc4)ccc2-3)cc1. The number of methoxy groups -OCH3 is 3. The van der Waals surface area contributed by atoms with Gasteiger partial charge in [-0.2, -0.15) is 0 Å². The molecule has 0 aliphatic heterocycles. The van der Waals surface area contributed by atoms with Crippen LogP contribution in [0.5, 0.6) is 17.2 Å². The van der Waals surface area contributed by atoms with Crippen molar-refractivity contribution >= 4 is 34.1 Å². The van der Waals surface area contributed by atoms with E-state index in [2.05, 4.69) is 151 Å². The van der Waals surface area contributed by atoms with Gasteiger partial charge in [-0.25, -0.2) is 0 Å². The lowest BCUT2D eigenvalue weighted by Gasteiger charge is -2.29. The van der Waals surface area contributed by atoms with Crippen molar-refractivity contribution in [3.63, 3.8) is 0 Å². The number of hydrogen-bond donors (Lipinski definition) is 0. The smallest absolute Gasteiger partial charge is 0.119 e. The van der Waals surface area contributed by atoms with E-state index in [0.29, 0.717) is 0 Å². The molecule has 0 amide bonds. The van der Waals surface area contributed by atoms with Crippen molar-refractivity contribution in [2.45, 2.75) is 19.3 Å². The van der Waals surface area contributed by atoms with E-state index < -0.39 is 0 Å². The number of anilines is 6. The molecule has 8 rings (SSSR count). The van der Waals surface area contributed by atoms with Crippen molar-refractivity contribution < 1.29 is 14.2 Å². The summed E-state index contributed by atoms with van der Waals surface area (Å²) in [6, 6.07) is 57.8. The van der Waals surface area contributed by atoms with Gasteiger partial charge < -0.3 is 24.0 Å². The van der Waals surface area contributed by atoms with Gasteiger partial charge in [0.1, 0.15) is 17.2 Å². The molecule has 0 spiro atoms. The maximum absolute atomic E-state index is 5.52. The zero-order valence-corrected chi connectivity index (χ0v) is 30.7. The van der Waals surface area contributed by atoms with Crippen LogP contribution in [0.3, 0.4) is 0 Å². The van der Waals surface area contributed by atoms with Gasteiger partial charge in [0.25, 0.3) is 0 Å². The highest BCUT2D eigenvalue weighted by molar-refractivity contribution is 5.88. The Labute approximate surface area is 312 Å². The van der Waals surface area contributed by atoms with Crippen molar-refractivity contribution in [1.29, 1.82) is 0 Å². The van der Waals surface area contributed by atoms with E-state index in [0.717, 1.165) is 51.4 Å². The minimum Gasteiger partial charge on any atom is -0.497 e. The lowest BCUT2D eigenvalue weighted by molar-refractivity contribution is 0.414. The van der Waals surface area contributed by atoms with Gasteiger partial charge in [-0.1, -0.05) is 68.4 Å². The van der Waals surface area contributed by atoms with Crippen LogP contribution in [-0.2, 0) is 5.41 Å². The zero-order valence-electron chi connectivity index (χ0n) is 30.7. The van der Waals surface area contributed by atoms with Gasteiger partial charge in [0, 0.05) is 39.5 Å². The van der Waals surface area contributed by atoms with Crippen molar-refractivity contribution in [2.75, 3.05) is 31.1 Å². The van der Waals surface area contributed by atoms with Crippen LogP contribution >= 0.6 is 0 Å². The first-order valence-electron chi connectivity index (χ1n) is 17.9. The second-order valence-corrected chi connectivity index (χ2v) is 13.8. The maximum atomic E-state index is 5.52. The van der Waals surface area contributed by atoms with Gasteiger partial charge in [0.2, 0.25) is 0 Å². The molecule has 1 aliphatic rings. The number of hydrogen-bond acceptors (Lipinski definition) is 5. The Morgan fingerprint density at radius 2 is 0.679 bits per heavy atom. The van der Waals surface area contributed by atoms with E-state index >= 15 is 0 Å². The lowest BCUT2D eigenvalue weighted by atomic mass is 9.82. The molecule has 0 unspecified atom stereocenters. The molecule has 1 aliphatic carbocycles. The molecule has 0 saturated carbocycles. The maximum Gasteiger partial charge on any atom is 0.119 e. The highest BCUT2D eigenvalue weighted by atomic mass is 16.5. The van der Waals surface area contributed by atoms with Crippen molar-refractivity contribution in [1.82, 2.24) is 0 Å². The minimum atomic E-state index is -0.259. The second kappa shape index (κ2) is 13.9. The highest BCUT2D eigenvalue weighted by Crippen LogP contribution is 2.52. The molecule has 0 saturated heterocycles. The molecule has 0 fully saturated rings. The molecule has 0 heterocycles. The number of benzene rings is 7. The molecule has 7 aromatic carbocycles. The van der Waals surface area contributed by atoms with Crippen LogP contribution in [0.1, 0.15) is 25.0 Å². The van der Waals surface area contributed by atoms with Gasteiger partial charge in [-0.05, 0) is 143 Å². The fourth-order valence-corrected chi connectivity index (χ4v) is 7.51. The monoisotopic (exact) mass is 694 g/mol. The topological polar surface area (TPSA) is 34.2 Å². The number of nitrogens with zero attached hydrogens (tertiary/aromatic N) is 2. The predicted molar refractivity (Wildman–Crippen MR) is 218 cm³/mol. The summed E-state index contributed by atoms with van der Waals surface area (Å²) >= 11 is 0. The summed E-state index contributed by atoms with van der Waals surface area (Å²) in [6.07, 6.45) is 0. The first kappa shape index (κ1) is 33.7. The molecular weight excluding hydrogens is 653 g/mol. The number of ether oxygens (including phenoxy) is 3. The van der Waals surface area contributed by atoms with Gasteiger partial charge in [0.15, 0.2) is 0 Å². The largest absolute Gasteiger partial charge is 0.497 e. The van der Waals surface area contributed by atoms with Crippen LogP contribution in [0, 0.1) is 0 Å². The number of rotatable bonds is 10. The Kier molecular flexibility index (Phi) is 8.85. The van der Waals surface area contributed by atoms with Gasteiger partial charge >= 0.3 is 0 Å². The average Bonchev–Trinajstić information content (AvgIpc) is 3.44. The third kappa shape index (κ3) is 6.25. The van der Waals surface area contributed by atoms with Crippen molar-refractivity contribution in [3.8, 4) is 39.5 Å². The summed E-state index contributed by atoms with van der Waals surface area (Å²) in [4.78, 5) is 4.61. The minimum absolute atomic E-state index is 0.259. The van der Waals surface area contributed by atoms with Crippen LogP contribution in [0.15, 0.2) is 164 Å². The third-order valence-corrected chi connectivity index (χ3v) is 10.4. The zero-order chi connectivity index (χ0) is 36.5. The Morgan fingerprint density at radius 1 is 0.358 bits per heavy atom. The quantitative estimate of drug-likeness (QED) is 0.142. The fourth-order valence-electron chi connectivity index (χ4n) is 7.51. The summed E-state index contributed by atoms with van der Waals surface area (Å²) in [7, 11) is 5.09. The van der Waals surface area contributed by atoms with E-state index in [4.69, 9.17) is 14.2 Å². The first-order valence-corrected chi connectivity index (χ1v) is 17.9. The Hall–Kier alpha value is -6.46. The Balaban J connectivity index is 1.20. The van der Waals surface area contributed by atoms with Crippen LogP contribution in [-0.4, -0.2) is 21.3 Å². The summed E-state index contributed by atoms with van der Waals surface area (Å²) in [5, 5.41) is 0. The molecular formula is C48H42N2O3. The Bertz CT molecular complexity index is 2300. The van der Waals surface area contributed by atoms with Gasteiger partial charge in [0.05, 0.1) is 21.3 Å². The molecule has 5 heteroatoms. The highest BCUT2D eigenvalue weighted by Gasteiger charge is 2.37. The first-order chi connectivity index (χ1) is 25.9. The molecule has 5 nitrogen and oxygen atoms in total. The summed E-state index contributed by atoms with van der Waals surface area (Å²) < 4.78 is 16.5. The van der Waals surface area contributed by atoms with E-state index in [1.807, 2.05) is 36.4 Å². The van der Waals surface area contributed by atoms with Crippen LogP contribution < -0.4 is 24.0 Å². The van der Waals surface area contributed by atoms with Crippen LogP contribution in [0.4, 0.5) is 34.1 Å². The lowest BCUT2D eigenvalue weighted by Crippen LogP contribution is -2.17. The molecule has 0 aromatic heterocycles. The standard InChI is InChI=1S/C48H42N2O3/c1-48(2)46-31-39(49(36-15-23-41(51-3)24-16-36)35-13-11-34(12-14-35)33-9-7-6-8-10-33)21-29-44(46)45-30-22-40(32-47(45)48)50(37-17-25-42(52-4)26-18-37)38-19-27-43(53-5)28-20-38/h6-32H,1-5H3. The molecule has 262 valence electrons. The molecule has 7 aromatic rings. The number of fused-ring (bicyclic) bond motifs is 3. The molecule has 0 atom stereocenters. The molecule has 53 heavy (non-hydrogen) atoms. The summed E-state index contributed by atoms with van der Waals surface area (Å²) in [6.45, 7) is 4.67.